The zero-order valence-corrected chi connectivity index (χ0v) is 18.2. The normalized spacial score (nSPS) is 12.2. The van der Waals surface area contributed by atoms with Crippen LogP contribution in [0, 0.1) is 20.8 Å². The van der Waals surface area contributed by atoms with Crippen LogP contribution in [0.15, 0.2) is 30.3 Å². The van der Waals surface area contributed by atoms with Crippen molar-refractivity contribution in [2.45, 2.75) is 59.7 Å². The molecule has 0 amide bonds. The highest BCUT2D eigenvalue weighted by Gasteiger charge is 2.39. The van der Waals surface area contributed by atoms with E-state index in [2.05, 4.69) is 85.0 Å². The fourth-order valence-electron chi connectivity index (χ4n) is 2.94. The summed E-state index contributed by atoms with van der Waals surface area (Å²) in [5.41, 5.74) is 5.88. The van der Waals surface area contributed by atoms with E-state index in [-0.39, 0.29) is 5.04 Å². The number of rotatable bonds is 4. The van der Waals surface area contributed by atoms with Gasteiger partial charge in [-0.3, -0.25) is 0 Å². The maximum absolute atomic E-state index is 6.75. The minimum atomic E-state index is -1.94. The van der Waals surface area contributed by atoms with Crippen LogP contribution < -0.4 is 9.16 Å². The predicted molar refractivity (Wildman–Crippen MR) is 110 cm³/mol. The molecule has 2 aromatic rings. The third-order valence-corrected chi connectivity index (χ3v) is 9.80. The van der Waals surface area contributed by atoms with Crippen LogP contribution in [0.3, 0.4) is 0 Å². The highest BCUT2D eigenvalue weighted by molar-refractivity contribution is 6.74. The molecule has 0 bridgehead atoms. The Morgan fingerprint density at radius 3 is 2.04 bits per heavy atom. The van der Waals surface area contributed by atoms with Crippen molar-refractivity contribution in [3.63, 3.8) is 0 Å². The summed E-state index contributed by atoms with van der Waals surface area (Å²) in [6, 6.07) is 10.6. The highest BCUT2D eigenvalue weighted by atomic mass is 28.4. The van der Waals surface area contributed by atoms with Gasteiger partial charge in [0.15, 0.2) is 0 Å². The van der Waals surface area contributed by atoms with Crippen molar-refractivity contribution in [2.75, 3.05) is 7.11 Å². The predicted octanol–water partition coefficient (Wildman–Crippen LogP) is 6.67. The first kappa shape index (κ1) is 19.6. The molecule has 2 aromatic carbocycles. The van der Waals surface area contributed by atoms with Gasteiger partial charge in [-0.05, 0) is 61.7 Å². The van der Waals surface area contributed by atoms with Crippen molar-refractivity contribution in [1.82, 2.24) is 0 Å². The van der Waals surface area contributed by atoms with E-state index >= 15 is 0 Å². The molecule has 2 nitrogen and oxygen atoms in total. The van der Waals surface area contributed by atoms with Gasteiger partial charge in [0.25, 0.3) is 8.32 Å². The summed E-state index contributed by atoms with van der Waals surface area (Å²) >= 11 is 0. The Bertz CT molecular complexity index is 770. The lowest BCUT2D eigenvalue weighted by Gasteiger charge is -2.37. The fourth-order valence-corrected chi connectivity index (χ4v) is 3.96. The standard InChI is InChI=1S/C22H32O2Si/c1-15-12-10-11-13-18(15)20-17(3)21(23-7)16(2)14-19(20)24-25(8,9)22(4,5)6/h10-14H,1-9H3. The second-order valence-corrected chi connectivity index (χ2v) is 13.1. The lowest BCUT2D eigenvalue weighted by Crippen LogP contribution is -2.44. The largest absolute Gasteiger partial charge is 0.543 e. The summed E-state index contributed by atoms with van der Waals surface area (Å²) < 4.78 is 12.4. The van der Waals surface area contributed by atoms with Gasteiger partial charge < -0.3 is 9.16 Å². The Labute approximate surface area is 154 Å². The Morgan fingerprint density at radius 1 is 0.920 bits per heavy atom. The van der Waals surface area contributed by atoms with Crippen molar-refractivity contribution < 1.29 is 9.16 Å². The molecule has 0 aliphatic rings. The molecule has 25 heavy (non-hydrogen) atoms. The summed E-state index contributed by atoms with van der Waals surface area (Å²) in [4.78, 5) is 0. The molecule has 0 aliphatic heterocycles. The van der Waals surface area contributed by atoms with Gasteiger partial charge in [0.1, 0.15) is 11.5 Å². The third kappa shape index (κ3) is 3.76. The topological polar surface area (TPSA) is 18.5 Å². The lowest BCUT2D eigenvalue weighted by molar-refractivity contribution is 0.407. The number of aryl methyl sites for hydroxylation is 2. The maximum Gasteiger partial charge on any atom is 0.250 e. The van der Waals surface area contributed by atoms with E-state index in [4.69, 9.17) is 9.16 Å². The van der Waals surface area contributed by atoms with Gasteiger partial charge in [0, 0.05) is 11.1 Å². The van der Waals surface area contributed by atoms with E-state index < -0.39 is 8.32 Å². The first-order valence-electron chi connectivity index (χ1n) is 8.93. The summed E-state index contributed by atoms with van der Waals surface area (Å²) in [6.07, 6.45) is 0. The quantitative estimate of drug-likeness (QED) is 0.569. The third-order valence-electron chi connectivity index (χ3n) is 5.46. The van der Waals surface area contributed by atoms with E-state index in [9.17, 15) is 0 Å². The van der Waals surface area contributed by atoms with Gasteiger partial charge in [-0.25, -0.2) is 0 Å². The van der Waals surface area contributed by atoms with Gasteiger partial charge in [0.2, 0.25) is 0 Å². The average Bonchev–Trinajstić information content (AvgIpc) is 2.47. The van der Waals surface area contributed by atoms with E-state index in [0.29, 0.717) is 0 Å². The van der Waals surface area contributed by atoms with Crippen molar-refractivity contribution in [3.8, 4) is 22.6 Å². The van der Waals surface area contributed by atoms with Gasteiger partial charge in [-0.15, -0.1) is 0 Å². The molecule has 0 saturated carbocycles. The van der Waals surface area contributed by atoms with Crippen LogP contribution in [0.2, 0.25) is 18.1 Å². The molecular formula is C22H32O2Si. The van der Waals surface area contributed by atoms with Gasteiger partial charge >= 0.3 is 0 Å². The first-order chi connectivity index (χ1) is 11.5. The summed E-state index contributed by atoms with van der Waals surface area (Å²) in [6.45, 7) is 17.8. The SMILES string of the molecule is COc1c(C)cc(O[Si](C)(C)C(C)(C)C)c(-c2ccccc2C)c1C. The second-order valence-electron chi connectivity index (χ2n) is 8.40. The maximum atomic E-state index is 6.75. The molecule has 136 valence electrons. The Balaban J connectivity index is 2.74. The van der Waals surface area contributed by atoms with Crippen molar-refractivity contribution in [1.29, 1.82) is 0 Å². The minimum absolute atomic E-state index is 0.151. The molecule has 3 heteroatoms. The number of benzene rings is 2. The fraction of sp³-hybridized carbons (Fsp3) is 0.455. The van der Waals surface area contributed by atoms with Crippen LogP contribution in [-0.4, -0.2) is 15.4 Å². The van der Waals surface area contributed by atoms with E-state index in [1.807, 2.05) is 0 Å². The highest BCUT2D eigenvalue weighted by Crippen LogP contribution is 2.45. The van der Waals surface area contributed by atoms with Gasteiger partial charge in [-0.2, -0.15) is 0 Å². The summed E-state index contributed by atoms with van der Waals surface area (Å²) in [5, 5.41) is 0.151. The number of ether oxygens (including phenoxy) is 1. The average molecular weight is 357 g/mol. The smallest absolute Gasteiger partial charge is 0.250 e. The van der Waals surface area contributed by atoms with Crippen LogP contribution in [0.25, 0.3) is 11.1 Å². The molecule has 0 heterocycles. The Morgan fingerprint density at radius 2 is 1.52 bits per heavy atom. The van der Waals surface area contributed by atoms with Crippen molar-refractivity contribution >= 4 is 8.32 Å². The molecule has 0 spiro atoms. The Kier molecular flexibility index (Phi) is 5.38. The second kappa shape index (κ2) is 6.87. The van der Waals surface area contributed by atoms with Gasteiger partial charge in [0.05, 0.1) is 7.11 Å². The first-order valence-corrected chi connectivity index (χ1v) is 11.8. The molecule has 0 atom stereocenters. The molecule has 0 N–H and O–H groups in total. The van der Waals surface area contributed by atoms with Crippen LogP contribution in [0.1, 0.15) is 37.5 Å². The molecule has 0 radical (unpaired) electrons. The molecule has 0 fully saturated rings. The van der Waals surface area contributed by atoms with Crippen molar-refractivity contribution in [2.24, 2.45) is 0 Å². The zero-order chi connectivity index (χ0) is 19.0. The molecular weight excluding hydrogens is 324 g/mol. The zero-order valence-electron chi connectivity index (χ0n) is 17.2. The summed E-state index contributed by atoms with van der Waals surface area (Å²) in [7, 11) is -0.200. The monoisotopic (exact) mass is 356 g/mol. The molecule has 0 saturated heterocycles. The molecule has 0 unspecified atom stereocenters. The van der Waals surface area contributed by atoms with Crippen molar-refractivity contribution in [3.05, 3.63) is 47.0 Å². The summed E-state index contributed by atoms with van der Waals surface area (Å²) in [5.74, 6) is 1.93. The number of hydrogen-bond donors (Lipinski definition) is 0. The molecule has 0 aliphatic carbocycles. The van der Waals surface area contributed by atoms with E-state index in [0.717, 1.165) is 28.2 Å². The molecule has 2 rings (SSSR count). The number of hydrogen-bond acceptors (Lipinski definition) is 2. The van der Waals surface area contributed by atoms with Crippen LogP contribution in [-0.2, 0) is 0 Å². The van der Waals surface area contributed by atoms with E-state index in [1.54, 1.807) is 7.11 Å². The van der Waals surface area contributed by atoms with E-state index in [1.165, 1.54) is 11.1 Å². The molecule has 0 aromatic heterocycles. The van der Waals surface area contributed by atoms with Crippen LogP contribution in [0.4, 0.5) is 0 Å². The number of methoxy groups -OCH3 is 1. The van der Waals surface area contributed by atoms with Gasteiger partial charge in [-0.1, -0.05) is 45.0 Å². The Hall–Kier alpha value is -1.74. The van der Waals surface area contributed by atoms with Crippen LogP contribution >= 0.6 is 0 Å². The van der Waals surface area contributed by atoms with Crippen LogP contribution in [0.5, 0.6) is 11.5 Å². The lowest BCUT2D eigenvalue weighted by atomic mass is 9.93. The minimum Gasteiger partial charge on any atom is -0.543 e.